The third-order valence-corrected chi connectivity index (χ3v) is 3.54. The second kappa shape index (κ2) is 5.47. The van der Waals surface area contributed by atoms with Crippen LogP contribution in [0.1, 0.15) is 27.2 Å². The Morgan fingerprint density at radius 3 is 2.82 bits per heavy atom. The predicted molar refractivity (Wildman–Crippen MR) is 74.2 cm³/mol. The van der Waals surface area contributed by atoms with Crippen molar-refractivity contribution in [1.29, 1.82) is 0 Å². The van der Waals surface area contributed by atoms with Crippen LogP contribution in [0.2, 0.25) is 0 Å². The fourth-order valence-corrected chi connectivity index (χ4v) is 2.44. The Balaban J connectivity index is 1.75. The van der Waals surface area contributed by atoms with Crippen molar-refractivity contribution >= 4 is 12.1 Å². The normalized spacial score (nSPS) is 13.0. The summed E-state index contributed by atoms with van der Waals surface area (Å²) in [6, 6.07) is 5.80. The monoisotopic (exact) mass is 302 g/mol. The number of hydrogen-bond acceptors (Lipinski definition) is 5. The summed E-state index contributed by atoms with van der Waals surface area (Å²) in [5.74, 6) is -0.530. The van der Waals surface area contributed by atoms with Crippen molar-refractivity contribution in [2.75, 3.05) is 7.11 Å². The highest BCUT2D eigenvalue weighted by molar-refractivity contribution is 5.86. The summed E-state index contributed by atoms with van der Waals surface area (Å²) in [4.78, 5) is 23.7. The first kappa shape index (κ1) is 14.1. The van der Waals surface area contributed by atoms with Crippen LogP contribution in [0.5, 0.6) is 0 Å². The highest BCUT2D eigenvalue weighted by Crippen LogP contribution is 2.24. The zero-order valence-corrected chi connectivity index (χ0v) is 11.9. The van der Waals surface area contributed by atoms with Crippen molar-refractivity contribution in [2.24, 2.45) is 0 Å². The van der Waals surface area contributed by atoms with Gasteiger partial charge in [-0.3, -0.25) is 4.90 Å². The molecule has 0 unspecified atom stereocenters. The molecule has 8 heteroatoms. The zero-order chi connectivity index (χ0) is 15.7. The van der Waals surface area contributed by atoms with Gasteiger partial charge in [0.2, 0.25) is 0 Å². The zero-order valence-electron chi connectivity index (χ0n) is 11.9. The van der Waals surface area contributed by atoms with Gasteiger partial charge in [0, 0.05) is 13.1 Å². The van der Waals surface area contributed by atoms with Gasteiger partial charge in [0.05, 0.1) is 19.9 Å². The van der Waals surface area contributed by atoms with Gasteiger partial charge < -0.3 is 9.84 Å². The van der Waals surface area contributed by atoms with E-state index in [1.165, 1.54) is 22.9 Å². The van der Waals surface area contributed by atoms with E-state index in [4.69, 9.17) is 5.11 Å². The Hall–Kier alpha value is -2.90. The molecule has 1 amide bonds. The summed E-state index contributed by atoms with van der Waals surface area (Å²) in [5.41, 5.74) is 3.13. The van der Waals surface area contributed by atoms with Crippen LogP contribution in [-0.4, -0.2) is 44.2 Å². The van der Waals surface area contributed by atoms with E-state index >= 15 is 0 Å². The lowest BCUT2D eigenvalue weighted by atomic mass is 10.1. The van der Waals surface area contributed by atoms with E-state index in [0.717, 1.165) is 16.7 Å². The molecule has 2 aromatic rings. The molecule has 0 spiro atoms. The summed E-state index contributed by atoms with van der Waals surface area (Å²) in [6.45, 7) is 1.26. The quantitative estimate of drug-likeness (QED) is 0.853. The Morgan fingerprint density at radius 2 is 2.09 bits per heavy atom. The molecule has 0 fully saturated rings. The lowest BCUT2D eigenvalue weighted by Crippen LogP contribution is -2.22. The van der Waals surface area contributed by atoms with E-state index in [1.54, 1.807) is 0 Å². The minimum Gasteiger partial charge on any atom is -0.465 e. The average molecular weight is 302 g/mol. The van der Waals surface area contributed by atoms with Crippen LogP contribution < -0.4 is 0 Å². The molecule has 0 bridgehead atoms. The molecule has 1 aromatic heterocycles. The first-order chi connectivity index (χ1) is 10.6. The SMILES string of the molecule is COC(=O)c1cn(Cc2ccc3c(c2)CN(C(=O)O)C3)nn1. The highest BCUT2D eigenvalue weighted by Gasteiger charge is 2.22. The number of fused-ring (bicyclic) bond motifs is 1. The molecule has 22 heavy (non-hydrogen) atoms. The topological polar surface area (TPSA) is 97.5 Å². The molecule has 0 aliphatic carbocycles. The molecule has 1 aliphatic heterocycles. The predicted octanol–water partition coefficient (Wildman–Crippen LogP) is 1.11. The van der Waals surface area contributed by atoms with Crippen LogP contribution in [-0.2, 0) is 24.4 Å². The Bertz CT molecular complexity index is 740. The Kier molecular flexibility index (Phi) is 3.50. The Morgan fingerprint density at radius 1 is 1.32 bits per heavy atom. The standard InChI is InChI=1S/C14H14N4O4/c1-22-13(19)12-8-18(16-15-12)5-9-2-3-10-6-17(14(20)21)7-11(10)4-9/h2-4,8H,5-7H2,1H3,(H,20,21). The molecule has 0 saturated carbocycles. The van der Waals surface area contributed by atoms with Crippen molar-refractivity contribution in [1.82, 2.24) is 19.9 Å². The molecule has 8 nitrogen and oxygen atoms in total. The van der Waals surface area contributed by atoms with Gasteiger partial charge in [-0.25, -0.2) is 14.3 Å². The van der Waals surface area contributed by atoms with Gasteiger partial charge in [-0.1, -0.05) is 23.4 Å². The van der Waals surface area contributed by atoms with E-state index < -0.39 is 12.1 Å². The fraction of sp³-hybridized carbons (Fsp3) is 0.286. The van der Waals surface area contributed by atoms with Gasteiger partial charge in [0.25, 0.3) is 0 Å². The number of aromatic nitrogens is 3. The second-order valence-electron chi connectivity index (χ2n) is 5.03. The number of benzene rings is 1. The number of ether oxygens (including phenoxy) is 1. The van der Waals surface area contributed by atoms with E-state index in [2.05, 4.69) is 15.0 Å². The average Bonchev–Trinajstić information content (AvgIpc) is 3.12. The maximum atomic E-state index is 11.3. The number of hydrogen-bond donors (Lipinski definition) is 1. The van der Waals surface area contributed by atoms with Crippen molar-refractivity contribution in [3.05, 3.63) is 46.8 Å². The summed E-state index contributed by atoms with van der Waals surface area (Å²) < 4.78 is 6.12. The number of carbonyl (C=O) groups is 2. The van der Waals surface area contributed by atoms with Gasteiger partial charge in [-0.15, -0.1) is 5.10 Å². The van der Waals surface area contributed by atoms with Gasteiger partial charge in [-0.2, -0.15) is 0 Å². The van der Waals surface area contributed by atoms with Gasteiger partial charge in [0.1, 0.15) is 0 Å². The van der Waals surface area contributed by atoms with Crippen LogP contribution >= 0.6 is 0 Å². The van der Waals surface area contributed by atoms with Gasteiger partial charge in [-0.05, 0) is 16.7 Å². The lowest BCUT2D eigenvalue weighted by molar-refractivity contribution is 0.0594. The van der Waals surface area contributed by atoms with Gasteiger partial charge >= 0.3 is 12.1 Å². The van der Waals surface area contributed by atoms with Crippen LogP contribution in [0.25, 0.3) is 0 Å². The second-order valence-corrected chi connectivity index (χ2v) is 5.03. The number of carboxylic acid groups (broad SMARTS) is 1. The number of carbonyl (C=O) groups excluding carboxylic acids is 1. The molecule has 3 rings (SSSR count). The molecule has 0 radical (unpaired) electrons. The molecular formula is C14H14N4O4. The number of esters is 1. The van der Waals surface area contributed by atoms with E-state index in [0.29, 0.717) is 19.6 Å². The van der Waals surface area contributed by atoms with Crippen molar-refractivity contribution in [2.45, 2.75) is 19.6 Å². The van der Waals surface area contributed by atoms with E-state index in [1.807, 2.05) is 18.2 Å². The van der Waals surface area contributed by atoms with Crippen LogP contribution in [0.4, 0.5) is 4.79 Å². The number of methoxy groups -OCH3 is 1. The van der Waals surface area contributed by atoms with Crippen LogP contribution in [0.15, 0.2) is 24.4 Å². The summed E-state index contributed by atoms with van der Waals surface area (Å²) in [6.07, 6.45) is 0.597. The number of rotatable bonds is 3. The van der Waals surface area contributed by atoms with Gasteiger partial charge in [0.15, 0.2) is 5.69 Å². The first-order valence-electron chi connectivity index (χ1n) is 6.64. The smallest absolute Gasteiger partial charge is 0.407 e. The minimum atomic E-state index is -0.920. The van der Waals surface area contributed by atoms with E-state index in [-0.39, 0.29) is 5.69 Å². The highest BCUT2D eigenvalue weighted by atomic mass is 16.5. The van der Waals surface area contributed by atoms with Crippen LogP contribution in [0.3, 0.4) is 0 Å². The molecular weight excluding hydrogens is 288 g/mol. The van der Waals surface area contributed by atoms with Crippen molar-refractivity contribution < 1.29 is 19.4 Å². The first-order valence-corrected chi connectivity index (χ1v) is 6.64. The van der Waals surface area contributed by atoms with Crippen molar-refractivity contribution in [3.63, 3.8) is 0 Å². The number of nitrogens with zero attached hydrogens (tertiary/aromatic N) is 4. The molecule has 0 saturated heterocycles. The molecule has 0 atom stereocenters. The third kappa shape index (κ3) is 2.62. The minimum absolute atomic E-state index is 0.153. The number of amides is 1. The maximum Gasteiger partial charge on any atom is 0.407 e. The van der Waals surface area contributed by atoms with Crippen molar-refractivity contribution in [3.8, 4) is 0 Å². The molecule has 1 aliphatic rings. The molecule has 1 N–H and O–H groups in total. The summed E-state index contributed by atoms with van der Waals surface area (Å²) in [5, 5.41) is 16.6. The summed E-state index contributed by atoms with van der Waals surface area (Å²) in [7, 11) is 1.29. The Labute approximate surface area is 125 Å². The third-order valence-electron chi connectivity index (χ3n) is 3.54. The molecule has 2 heterocycles. The van der Waals surface area contributed by atoms with E-state index in [9.17, 15) is 9.59 Å². The maximum absolute atomic E-state index is 11.3. The van der Waals surface area contributed by atoms with Crippen LogP contribution in [0, 0.1) is 0 Å². The lowest BCUT2D eigenvalue weighted by Gasteiger charge is -2.08. The molecule has 1 aromatic carbocycles. The summed E-state index contributed by atoms with van der Waals surface area (Å²) >= 11 is 0. The fourth-order valence-electron chi connectivity index (χ4n) is 2.44. The largest absolute Gasteiger partial charge is 0.465 e. The molecule has 114 valence electrons.